The number of aryl methyl sites for hydroxylation is 3. The van der Waals surface area contributed by atoms with Gasteiger partial charge in [0.15, 0.2) is 0 Å². The Labute approximate surface area is 190 Å². The predicted octanol–water partition coefficient (Wildman–Crippen LogP) is 7.58. The lowest BCUT2D eigenvalue weighted by molar-refractivity contribution is 0.0127. The van der Waals surface area contributed by atoms with Crippen molar-refractivity contribution in [2.75, 3.05) is 6.61 Å². The van der Waals surface area contributed by atoms with Crippen LogP contribution in [-0.2, 0) is 11.3 Å². The van der Waals surface area contributed by atoms with E-state index in [0.717, 1.165) is 18.8 Å². The van der Waals surface area contributed by atoms with Crippen LogP contribution in [-0.4, -0.2) is 11.6 Å². The first-order chi connectivity index (χ1) is 15.6. The van der Waals surface area contributed by atoms with E-state index in [0.29, 0.717) is 6.61 Å². The second-order valence-electron chi connectivity index (χ2n) is 8.99. The van der Waals surface area contributed by atoms with Gasteiger partial charge in [-0.3, -0.25) is 0 Å². The van der Waals surface area contributed by atoms with Gasteiger partial charge in [0.2, 0.25) is 0 Å². The van der Waals surface area contributed by atoms with Crippen LogP contribution in [0.4, 0.5) is 0 Å². The molecule has 1 fully saturated rings. The third-order valence-corrected chi connectivity index (χ3v) is 6.65. The molecule has 1 unspecified atom stereocenters. The van der Waals surface area contributed by atoms with Gasteiger partial charge in [-0.05, 0) is 97.7 Å². The number of benzene rings is 3. The molecule has 1 aliphatic heterocycles. The second-order valence-corrected chi connectivity index (χ2v) is 8.99. The van der Waals surface area contributed by atoms with Gasteiger partial charge in [0, 0.05) is 23.2 Å². The van der Waals surface area contributed by atoms with E-state index in [9.17, 15) is 0 Å². The van der Waals surface area contributed by atoms with Gasteiger partial charge in [0.25, 0.3) is 0 Å². The van der Waals surface area contributed by atoms with Crippen molar-refractivity contribution in [3.63, 3.8) is 0 Å². The Kier molecular flexibility index (Phi) is 5.75. The summed E-state index contributed by atoms with van der Waals surface area (Å²) in [5.74, 6) is 0.907. The minimum atomic E-state index is 0.196. The van der Waals surface area contributed by atoms with Crippen LogP contribution in [0.25, 0.3) is 22.0 Å². The lowest BCUT2D eigenvalue weighted by Gasteiger charge is -2.21. The van der Waals surface area contributed by atoms with E-state index in [1.807, 2.05) is 18.2 Å². The number of H-pyrrole nitrogens is 1. The van der Waals surface area contributed by atoms with E-state index in [4.69, 9.17) is 9.47 Å². The summed E-state index contributed by atoms with van der Waals surface area (Å²) in [6.07, 6.45) is 3.70. The number of aromatic amines is 1. The standard InChI is InChI=1S/C29H31NO2/c1-19-15-23(32-18-22-9-5-4-6-10-22)12-13-24(19)29-20(2)16-26-25(21(29)3)17-27(30-26)28-11-7-8-14-31-28/h4-6,9-10,12-13,15-17,28,30H,7-8,11,14,18H2,1-3H3. The summed E-state index contributed by atoms with van der Waals surface area (Å²) in [4.78, 5) is 3.64. The van der Waals surface area contributed by atoms with Crippen LogP contribution >= 0.6 is 0 Å². The van der Waals surface area contributed by atoms with E-state index in [-0.39, 0.29) is 6.10 Å². The molecule has 32 heavy (non-hydrogen) atoms. The highest BCUT2D eigenvalue weighted by Gasteiger charge is 2.20. The highest BCUT2D eigenvalue weighted by molar-refractivity contribution is 5.92. The maximum Gasteiger partial charge on any atom is 0.120 e. The fourth-order valence-electron chi connectivity index (χ4n) is 4.96. The lowest BCUT2D eigenvalue weighted by atomic mass is 9.90. The number of hydrogen-bond acceptors (Lipinski definition) is 2. The van der Waals surface area contributed by atoms with Gasteiger partial charge >= 0.3 is 0 Å². The van der Waals surface area contributed by atoms with Crippen molar-refractivity contribution in [2.24, 2.45) is 0 Å². The first kappa shape index (κ1) is 20.8. The number of ether oxygens (including phenoxy) is 2. The molecule has 0 radical (unpaired) electrons. The summed E-state index contributed by atoms with van der Waals surface area (Å²) in [7, 11) is 0. The third kappa shape index (κ3) is 4.05. The van der Waals surface area contributed by atoms with E-state index in [1.54, 1.807) is 0 Å². The lowest BCUT2D eigenvalue weighted by Crippen LogP contribution is -2.11. The van der Waals surface area contributed by atoms with Crippen molar-refractivity contribution in [3.8, 4) is 16.9 Å². The second kappa shape index (κ2) is 8.84. The zero-order valence-electron chi connectivity index (χ0n) is 19.2. The molecule has 5 rings (SSSR count). The largest absolute Gasteiger partial charge is 0.489 e. The van der Waals surface area contributed by atoms with Crippen molar-refractivity contribution >= 4 is 10.9 Å². The van der Waals surface area contributed by atoms with Gasteiger partial charge < -0.3 is 14.5 Å². The topological polar surface area (TPSA) is 34.2 Å². The molecule has 1 N–H and O–H groups in total. The molecule has 0 spiro atoms. The number of fused-ring (bicyclic) bond motifs is 1. The molecule has 164 valence electrons. The highest BCUT2D eigenvalue weighted by Crippen LogP contribution is 2.38. The average molecular weight is 426 g/mol. The van der Waals surface area contributed by atoms with Crippen molar-refractivity contribution in [3.05, 3.63) is 88.6 Å². The molecular formula is C29H31NO2. The molecule has 0 bridgehead atoms. The molecule has 0 saturated carbocycles. The van der Waals surface area contributed by atoms with Gasteiger partial charge in [-0.1, -0.05) is 36.4 Å². The van der Waals surface area contributed by atoms with Gasteiger partial charge in [-0.25, -0.2) is 0 Å². The molecule has 1 saturated heterocycles. The molecule has 3 aromatic carbocycles. The van der Waals surface area contributed by atoms with Crippen molar-refractivity contribution < 1.29 is 9.47 Å². The minimum Gasteiger partial charge on any atom is -0.489 e. The fraction of sp³-hybridized carbons (Fsp3) is 0.310. The number of nitrogens with one attached hydrogen (secondary N) is 1. The molecule has 1 aliphatic rings. The molecule has 1 atom stereocenters. The molecule has 0 amide bonds. The Bertz CT molecular complexity index is 1230. The van der Waals surface area contributed by atoms with Gasteiger partial charge in [0.05, 0.1) is 6.10 Å². The summed E-state index contributed by atoms with van der Waals surface area (Å²) in [5, 5.41) is 1.29. The predicted molar refractivity (Wildman–Crippen MR) is 131 cm³/mol. The minimum absolute atomic E-state index is 0.196. The molecule has 4 aromatic rings. The van der Waals surface area contributed by atoms with Crippen LogP contribution in [0.5, 0.6) is 5.75 Å². The molecular weight excluding hydrogens is 394 g/mol. The van der Waals surface area contributed by atoms with Gasteiger partial charge in [0.1, 0.15) is 12.4 Å². The summed E-state index contributed by atoms with van der Waals surface area (Å²) >= 11 is 0. The maximum atomic E-state index is 6.05. The van der Waals surface area contributed by atoms with Crippen molar-refractivity contribution in [2.45, 2.75) is 52.7 Å². The molecule has 3 heteroatoms. The molecule has 2 heterocycles. The Morgan fingerprint density at radius 2 is 1.78 bits per heavy atom. The smallest absolute Gasteiger partial charge is 0.120 e. The SMILES string of the molecule is Cc1cc(OCc2ccccc2)ccc1-c1c(C)cc2[nH]c(C3CCCCO3)cc2c1C. The van der Waals surface area contributed by atoms with E-state index < -0.39 is 0 Å². The maximum absolute atomic E-state index is 6.05. The molecule has 1 aromatic heterocycles. The quantitative estimate of drug-likeness (QED) is 0.357. The van der Waals surface area contributed by atoms with Crippen LogP contribution in [0.1, 0.15) is 53.3 Å². The van der Waals surface area contributed by atoms with Crippen LogP contribution < -0.4 is 4.74 Å². The highest BCUT2D eigenvalue weighted by atomic mass is 16.5. The molecule has 0 aliphatic carbocycles. The number of hydrogen-bond donors (Lipinski definition) is 1. The summed E-state index contributed by atoms with van der Waals surface area (Å²) < 4.78 is 12.1. The summed E-state index contributed by atoms with van der Waals surface area (Å²) in [6, 6.07) is 21.3. The average Bonchev–Trinajstić information content (AvgIpc) is 3.24. The Morgan fingerprint density at radius 1 is 0.938 bits per heavy atom. The Morgan fingerprint density at radius 3 is 2.53 bits per heavy atom. The zero-order chi connectivity index (χ0) is 22.1. The normalized spacial score (nSPS) is 16.4. The first-order valence-electron chi connectivity index (χ1n) is 11.6. The van der Waals surface area contributed by atoms with Crippen molar-refractivity contribution in [1.29, 1.82) is 0 Å². The Balaban J connectivity index is 1.45. The summed E-state index contributed by atoms with van der Waals surface area (Å²) in [6.45, 7) is 8.06. The van der Waals surface area contributed by atoms with Crippen LogP contribution in [0, 0.1) is 20.8 Å². The van der Waals surface area contributed by atoms with E-state index >= 15 is 0 Å². The van der Waals surface area contributed by atoms with E-state index in [2.05, 4.69) is 68.2 Å². The van der Waals surface area contributed by atoms with Crippen LogP contribution in [0.15, 0.2) is 60.7 Å². The van der Waals surface area contributed by atoms with Crippen molar-refractivity contribution in [1.82, 2.24) is 4.98 Å². The Hall–Kier alpha value is -3.04. The van der Waals surface area contributed by atoms with E-state index in [1.165, 1.54) is 62.8 Å². The molecule has 3 nitrogen and oxygen atoms in total. The van der Waals surface area contributed by atoms with Gasteiger partial charge in [-0.2, -0.15) is 0 Å². The number of rotatable bonds is 5. The fourth-order valence-corrected chi connectivity index (χ4v) is 4.96. The van der Waals surface area contributed by atoms with Crippen LogP contribution in [0.2, 0.25) is 0 Å². The van der Waals surface area contributed by atoms with Crippen LogP contribution in [0.3, 0.4) is 0 Å². The summed E-state index contributed by atoms with van der Waals surface area (Å²) in [5.41, 5.74) is 10.0. The monoisotopic (exact) mass is 425 g/mol. The first-order valence-corrected chi connectivity index (χ1v) is 11.6. The van der Waals surface area contributed by atoms with Gasteiger partial charge in [-0.15, -0.1) is 0 Å². The third-order valence-electron chi connectivity index (χ3n) is 6.65. The zero-order valence-corrected chi connectivity index (χ0v) is 19.2. The number of aromatic nitrogens is 1.